The van der Waals surface area contributed by atoms with Crippen LogP contribution in [0.5, 0.6) is 5.75 Å². The molecule has 0 radical (unpaired) electrons. The van der Waals surface area contributed by atoms with Crippen LogP contribution in [0.3, 0.4) is 0 Å². The number of aromatic nitrogens is 4. The van der Waals surface area contributed by atoms with Crippen molar-refractivity contribution in [3.05, 3.63) is 65.7 Å². The fraction of sp³-hybridized carbons (Fsp3) is 0.316. The van der Waals surface area contributed by atoms with Crippen LogP contribution in [0.25, 0.3) is 0 Å². The summed E-state index contributed by atoms with van der Waals surface area (Å²) in [6.45, 7) is 0.899. The molecule has 1 aliphatic rings. The number of amides is 1. The number of hydrogen-bond acceptors (Lipinski definition) is 4. The molecule has 0 bridgehead atoms. The Balaban J connectivity index is 1.42. The summed E-state index contributed by atoms with van der Waals surface area (Å²) < 4.78 is 7.45. The zero-order valence-electron chi connectivity index (χ0n) is 14.6. The summed E-state index contributed by atoms with van der Waals surface area (Å²) in [6.07, 6.45) is 5.82. The average molecular weight is 351 g/mol. The van der Waals surface area contributed by atoms with Gasteiger partial charge in [0.15, 0.2) is 5.69 Å². The van der Waals surface area contributed by atoms with E-state index in [9.17, 15) is 4.79 Å². The summed E-state index contributed by atoms with van der Waals surface area (Å²) in [6, 6.07) is 11.6. The number of hydrogen-bond donors (Lipinski definition) is 1. The van der Waals surface area contributed by atoms with Gasteiger partial charge in [0.1, 0.15) is 12.4 Å². The summed E-state index contributed by atoms with van der Waals surface area (Å²) in [7, 11) is 1.87. The number of H-pyrrole nitrogens is 1. The van der Waals surface area contributed by atoms with Gasteiger partial charge in [-0.15, -0.1) is 0 Å². The lowest BCUT2D eigenvalue weighted by Crippen LogP contribution is -2.32. The van der Waals surface area contributed by atoms with Crippen molar-refractivity contribution in [2.24, 2.45) is 7.05 Å². The predicted octanol–water partition coefficient (Wildman–Crippen LogP) is 2.53. The third kappa shape index (κ3) is 3.77. The van der Waals surface area contributed by atoms with Crippen LogP contribution in [0.2, 0.25) is 0 Å². The van der Waals surface area contributed by atoms with Gasteiger partial charge in [-0.3, -0.25) is 14.6 Å². The first-order valence-corrected chi connectivity index (χ1v) is 8.69. The highest BCUT2D eigenvalue weighted by atomic mass is 16.5. The minimum absolute atomic E-state index is 0.0569. The second-order valence-electron chi connectivity index (χ2n) is 6.57. The second-order valence-corrected chi connectivity index (χ2v) is 6.57. The first kappa shape index (κ1) is 16.4. The lowest BCUT2D eigenvalue weighted by molar-refractivity contribution is 0.0724. The maximum Gasteiger partial charge on any atom is 0.274 e. The molecular weight excluding hydrogens is 330 g/mol. The molecule has 1 amide bonds. The van der Waals surface area contributed by atoms with E-state index in [0.717, 1.165) is 29.8 Å². The van der Waals surface area contributed by atoms with E-state index < -0.39 is 0 Å². The van der Waals surface area contributed by atoms with Crippen molar-refractivity contribution in [1.82, 2.24) is 24.9 Å². The molecule has 7 heteroatoms. The SMILES string of the molecule is Cn1cc(CN(C(=O)c2cc(COc3ccccc3)[nH]n2)C2CC2)cn1. The molecule has 0 unspecified atom stereocenters. The molecule has 0 saturated heterocycles. The molecule has 134 valence electrons. The number of rotatable bonds is 7. The van der Waals surface area contributed by atoms with Crippen molar-refractivity contribution in [2.45, 2.75) is 32.0 Å². The standard InChI is InChI=1S/C19H21N5O2/c1-23-11-14(10-20-23)12-24(16-7-8-16)19(25)18-9-15(21-22-18)13-26-17-5-3-2-4-6-17/h2-6,9-11,16H,7-8,12-13H2,1H3,(H,21,22). The van der Waals surface area contributed by atoms with Crippen molar-refractivity contribution < 1.29 is 9.53 Å². The molecule has 2 aromatic heterocycles. The number of ether oxygens (including phenoxy) is 1. The minimum Gasteiger partial charge on any atom is -0.487 e. The third-order valence-corrected chi connectivity index (χ3v) is 4.35. The van der Waals surface area contributed by atoms with Crippen LogP contribution >= 0.6 is 0 Å². The third-order valence-electron chi connectivity index (χ3n) is 4.35. The van der Waals surface area contributed by atoms with Crippen molar-refractivity contribution in [1.29, 1.82) is 0 Å². The second kappa shape index (κ2) is 7.03. The normalized spacial score (nSPS) is 13.6. The zero-order chi connectivity index (χ0) is 17.9. The zero-order valence-corrected chi connectivity index (χ0v) is 14.6. The van der Waals surface area contributed by atoms with Crippen LogP contribution in [0.15, 0.2) is 48.8 Å². The van der Waals surface area contributed by atoms with Gasteiger partial charge in [-0.25, -0.2) is 0 Å². The van der Waals surface area contributed by atoms with Crippen molar-refractivity contribution >= 4 is 5.91 Å². The number of aryl methyl sites for hydroxylation is 1. The molecular formula is C19H21N5O2. The number of nitrogens with one attached hydrogen (secondary N) is 1. The van der Waals surface area contributed by atoms with Crippen LogP contribution in [-0.2, 0) is 20.2 Å². The topological polar surface area (TPSA) is 76.0 Å². The summed E-state index contributed by atoms with van der Waals surface area (Å²) >= 11 is 0. The molecule has 0 spiro atoms. The summed E-state index contributed by atoms with van der Waals surface area (Å²) in [5.41, 5.74) is 2.22. The van der Waals surface area contributed by atoms with Gasteiger partial charge in [-0.1, -0.05) is 18.2 Å². The van der Waals surface area contributed by atoms with Crippen LogP contribution in [-0.4, -0.2) is 36.8 Å². The van der Waals surface area contributed by atoms with Crippen molar-refractivity contribution in [2.75, 3.05) is 0 Å². The van der Waals surface area contributed by atoms with E-state index in [1.54, 1.807) is 16.9 Å². The lowest BCUT2D eigenvalue weighted by atomic mass is 10.2. The molecule has 0 atom stereocenters. The molecule has 0 aliphatic heterocycles. The molecule has 4 rings (SSSR count). The molecule has 1 aromatic carbocycles. The highest BCUT2D eigenvalue weighted by molar-refractivity contribution is 5.92. The number of carbonyl (C=O) groups is 1. The maximum absolute atomic E-state index is 12.9. The number of para-hydroxylation sites is 1. The molecule has 2 heterocycles. The Labute approximate surface area is 151 Å². The molecule has 1 saturated carbocycles. The van der Waals surface area contributed by atoms with Gasteiger partial charge in [0.25, 0.3) is 5.91 Å². The van der Waals surface area contributed by atoms with E-state index in [0.29, 0.717) is 24.9 Å². The average Bonchev–Trinajstić information content (AvgIpc) is 3.24. The van der Waals surface area contributed by atoms with Crippen LogP contribution in [0.4, 0.5) is 0 Å². The Morgan fingerprint density at radius 3 is 2.85 bits per heavy atom. The highest BCUT2D eigenvalue weighted by Gasteiger charge is 2.34. The summed E-state index contributed by atoms with van der Waals surface area (Å²) in [5.74, 6) is 0.727. The molecule has 1 fully saturated rings. The van der Waals surface area contributed by atoms with Crippen molar-refractivity contribution in [3.63, 3.8) is 0 Å². The van der Waals surface area contributed by atoms with Crippen molar-refractivity contribution in [3.8, 4) is 5.75 Å². The minimum atomic E-state index is -0.0569. The molecule has 26 heavy (non-hydrogen) atoms. The molecule has 3 aromatic rings. The van der Waals surface area contributed by atoms with Gasteiger partial charge in [0.2, 0.25) is 0 Å². The smallest absolute Gasteiger partial charge is 0.274 e. The van der Waals surface area contributed by atoms with E-state index >= 15 is 0 Å². The number of carbonyl (C=O) groups excluding carboxylic acids is 1. The first-order chi connectivity index (χ1) is 12.7. The largest absolute Gasteiger partial charge is 0.487 e. The number of nitrogens with zero attached hydrogens (tertiary/aromatic N) is 4. The number of benzene rings is 1. The van der Waals surface area contributed by atoms with Crippen LogP contribution in [0.1, 0.15) is 34.6 Å². The van der Waals surface area contributed by atoms with Crippen LogP contribution < -0.4 is 4.74 Å². The fourth-order valence-corrected chi connectivity index (χ4v) is 2.87. The Morgan fingerprint density at radius 1 is 1.35 bits per heavy atom. The summed E-state index contributed by atoms with van der Waals surface area (Å²) in [5, 5.41) is 11.3. The molecule has 1 aliphatic carbocycles. The monoisotopic (exact) mass is 351 g/mol. The van der Waals surface area contributed by atoms with Gasteiger partial charge in [0, 0.05) is 31.4 Å². The van der Waals surface area contributed by atoms with E-state index in [4.69, 9.17) is 4.74 Å². The Bertz CT molecular complexity index is 882. The van der Waals surface area contributed by atoms with Gasteiger partial charge in [-0.2, -0.15) is 10.2 Å². The molecule has 7 nitrogen and oxygen atoms in total. The maximum atomic E-state index is 12.9. The van der Waals surface area contributed by atoms with E-state index in [1.807, 2.05) is 48.5 Å². The van der Waals surface area contributed by atoms with E-state index in [-0.39, 0.29) is 5.91 Å². The Kier molecular flexibility index (Phi) is 4.43. The van der Waals surface area contributed by atoms with Crippen LogP contribution in [0, 0.1) is 0 Å². The quantitative estimate of drug-likeness (QED) is 0.710. The van der Waals surface area contributed by atoms with Gasteiger partial charge < -0.3 is 9.64 Å². The fourth-order valence-electron chi connectivity index (χ4n) is 2.87. The lowest BCUT2D eigenvalue weighted by Gasteiger charge is -2.20. The Hall–Kier alpha value is -3.09. The Morgan fingerprint density at radius 2 is 2.15 bits per heavy atom. The van der Waals surface area contributed by atoms with E-state index in [1.165, 1.54) is 0 Å². The number of aromatic amines is 1. The first-order valence-electron chi connectivity index (χ1n) is 8.69. The van der Waals surface area contributed by atoms with Gasteiger partial charge in [-0.05, 0) is 31.0 Å². The van der Waals surface area contributed by atoms with E-state index in [2.05, 4.69) is 15.3 Å². The van der Waals surface area contributed by atoms with Gasteiger partial charge in [0.05, 0.1) is 11.9 Å². The van der Waals surface area contributed by atoms with Gasteiger partial charge >= 0.3 is 0 Å². The summed E-state index contributed by atoms with van der Waals surface area (Å²) in [4.78, 5) is 14.8. The highest BCUT2D eigenvalue weighted by Crippen LogP contribution is 2.29. The predicted molar refractivity (Wildman–Crippen MR) is 95.5 cm³/mol. The molecule has 1 N–H and O–H groups in total.